The van der Waals surface area contributed by atoms with Crippen molar-refractivity contribution in [1.82, 2.24) is 10.2 Å². The van der Waals surface area contributed by atoms with Crippen LogP contribution in [0, 0.1) is 13.8 Å². The van der Waals surface area contributed by atoms with E-state index >= 15 is 0 Å². The molecule has 0 fully saturated rings. The molecule has 0 radical (unpaired) electrons. The molecule has 1 N–H and O–H groups in total. The summed E-state index contributed by atoms with van der Waals surface area (Å²) in [6.45, 7) is 8.44. The predicted octanol–water partition coefficient (Wildman–Crippen LogP) is 3.28. The van der Waals surface area contributed by atoms with E-state index in [0.29, 0.717) is 25.3 Å². The second kappa shape index (κ2) is 10.5. The van der Waals surface area contributed by atoms with E-state index in [1.54, 1.807) is 11.8 Å². The molecule has 1 unspecified atom stereocenters. The Balaban J connectivity index is 2.08. The zero-order chi connectivity index (χ0) is 20.5. The van der Waals surface area contributed by atoms with Crippen LogP contribution < -0.4 is 10.1 Å². The number of carbonyl (C=O) groups is 2. The molecule has 2 rings (SSSR count). The van der Waals surface area contributed by atoms with E-state index in [9.17, 15) is 9.59 Å². The number of carbonyl (C=O) groups excluding carboxylic acids is 2. The Labute approximate surface area is 167 Å². The SMILES string of the molecule is CCNC(=O)C(C)N(CCc1ccccc1)C(=O)COc1cc(C)ccc1C. The maximum atomic E-state index is 12.9. The second-order valence-electron chi connectivity index (χ2n) is 6.95. The summed E-state index contributed by atoms with van der Waals surface area (Å²) in [6.07, 6.45) is 0.680. The van der Waals surface area contributed by atoms with Crippen LogP contribution in [0.4, 0.5) is 0 Å². The van der Waals surface area contributed by atoms with E-state index in [1.165, 1.54) is 0 Å². The Kier molecular flexibility index (Phi) is 8.05. The number of hydrogen-bond donors (Lipinski definition) is 1. The van der Waals surface area contributed by atoms with Gasteiger partial charge < -0.3 is 15.0 Å². The van der Waals surface area contributed by atoms with E-state index < -0.39 is 6.04 Å². The van der Waals surface area contributed by atoms with Crippen LogP contribution in [0.25, 0.3) is 0 Å². The molecule has 5 nitrogen and oxygen atoms in total. The molecule has 0 aliphatic rings. The molecule has 1 atom stereocenters. The van der Waals surface area contributed by atoms with Crippen molar-refractivity contribution in [3.8, 4) is 5.75 Å². The summed E-state index contributed by atoms with van der Waals surface area (Å²) in [7, 11) is 0. The summed E-state index contributed by atoms with van der Waals surface area (Å²) in [6, 6.07) is 15.3. The maximum Gasteiger partial charge on any atom is 0.261 e. The van der Waals surface area contributed by atoms with Crippen molar-refractivity contribution in [2.75, 3.05) is 19.7 Å². The number of ether oxygens (including phenoxy) is 1. The van der Waals surface area contributed by atoms with Crippen molar-refractivity contribution in [3.63, 3.8) is 0 Å². The first-order valence-electron chi connectivity index (χ1n) is 9.73. The molecule has 0 bridgehead atoms. The van der Waals surface area contributed by atoms with E-state index in [2.05, 4.69) is 5.32 Å². The number of rotatable bonds is 9. The van der Waals surface area contributed by atoms with Gasteiger partial charge in [0.25, 0.3) is 5.91 Å². The van der Waals surface area contributed by atoms with Crippen LogP contribution in [0.3, 0.4) is 0 Å². The summed E-state index contributed by atoms with van der Waals surface area (Å²) in [5.74, 6) is 0.341. The zero-order valence-corrected chi connectivity index (χ0v) is 17.2. The van der Waals surface area contributed by atoms with Crippen LogP contribution in [0.1, 0.15) is 30.5 Å². The highest BCUT2D eigenvalue weighted by atomic mass is 16.5. The average Bonchev–Trinajstić information content (AvgIpc) is 2.69. The lowest BCUT2D eigenvalue weighted by Gasteiger charge is -2.28. The molecule has 2 aromatic carbocycles. The molecular weight excluding hydrogens is 352 g/mol. The van der Waals surface area contributed by atoms with Crippen LogP contribution >= 0.6 is 0 Å². The van der Waals surface area contributed by atoms with Crippen molar-refractivity contribution >= 4 is 11.8 Å². The fraction of sp³-hybridized carbons (Fsp3) is 0.391. The minimum absolute atomic E-state index is 0.0944. The van der Waals surface area contributed by atoms with Gasteiger partial charge in [0.15, 0.2) is 6.61 Å². The van der Waals surface area contributed by atoms with Gasteiger partial charge >= 0.3 is 0 Å². The number of amides is 2. The molecule has 0 spiro atoms. The van der Waals surface area contributed by atoms with Crippen LogP contribution in [0.5, 0.6) is 5.75 Å². The molecule has 0 aliphatic heterocycles. The normalized spacial score (nSPS) is 11.6. The lowest BCUT2D eigenvalue weighted by Crippen LogP contribution is -2.50. The lowest BCUT2D eigenvalue weighted by molar-refractivity contribution is -0.141. The van der Waals surface area contributed by atoms with Gasteiger partial charge in [0.1, 0.15) is 11.8 Å². The van der Waals surface area contributed by atoms with Crippen LogP contribution in [-0.2, 0) is 16.0 Å². The Hall–Kier alpha value is -2.82. The quantitative estimate of drug-likeness (QED) is 0.724. The average molecular weight is 383 g/mol. The van der Waals surface area contributed by atoms with Crippen molar-refractivity contribution < 1.29 is 14.3 Å². The molecule has 0 aliphatic carbocycles. The minimum atomic E-state index is -0.557. The van der Waals surface area contributed by atoms with Gasteiger partial charge in [-0.1, -0.05) is 42.5 Å². The number of benzene rings is 2. The smallest absolute Gasteiger partial charge is 0.261 e. The molecular formula is C23H30N2O3. The van der Waals surface area contributed by atoms with Gasteiger partial charge in [-0.05, 0) is 56.9 Å². The van der Waals surface area contributed by atoms with Crippen molar-refractivity contribution in [3.05, 3.63) is 65.2 Å². The topological polar surface area (TPSA) is 58.6 Å². The Morgan fingerprint density at radius 1 is 1.11 bits per heavy atom. The Morgan fingerprint density at radius 3 is 2.50 bits per heavy atom. The standard InChI is InChI=1S/C23H30N2O3/c1-5-24-23(27)19(4)25(14-13-20-9-7-6-8-10-20)22(26)16-28-21-15-17(2)11-12-18(21)3/h6-12,15,19H,5,13-14,16H2,1-4H3,(H,24,27). The van der Waals surface area contributed by atoms with Gasteiger partial charge in [-0.3, -0.25) is 9.59 Å². The fourth-order valence-corrected chi connectivity index (χ4v) is 2.98. The zero-order valence-electron chi connectivity index (χ0n) is 17.2. The van der Waals surface area contributed by atoms with E-state index in [4.69, 9.17) is 4.74 Å². The number of nitrogens with one attached hydrogen (secondary N) is 1. The van der Waals surface area contributed by atoms with Crippen molar-refractivity contribution in [2.45, 2.75) is 40.2 Å². The molecule has 28 heavy (non-hydrogen) atoms. The number of hydrogen-bond acceptors (Lipinski definition) is 3. The molecule has 0 aromatic heterocycles. The van der Waals surface area contributed by atoms with E-state index in [1.807, 2.05) is 69.3 Å². The molecule has 0 heterocycles. The van der Waals surface area contributed by atoms with Gasteiger partial charge in [0.05, 0.1) is 0 Å². The number of nitrogens with zero attached hydrogens (tertiary/aromatic N) is 1. The summed E-state index contributed by atoms with van der Waals surface area (Å²) < 4.78 is 5.78. The van der Waals surface area contributed by atoms with Gasteiger partial charge in [-0.25, -0.2) is 0 Å². The largest absolute Gasteiger partial charge is 0.483 e. The third-order valence-electron chi connectivity index (χ3n) is 4.70. The van der Waals surface area contributed by atoms with Gasteiger partial charge in [-0.2, -0.15) is 0 Å². The molecule has 0 saturated carbocycles. The molecule has 2 amide bonds. The Bertz CT molecular complexity index is 790. The summed E-state index contributed by atoms with van der Waals surface area (Å²) in [5, 5.41) is 2.80. The first kappa shape index (κ1) is 21.5. The summed E-state index contributed by atoms with van der Waals surface area (Å²) in [4.78, 5) is 26.8. The van der Waals surface area contributed by atoms with Crippen molar-refractivity contribution in [1.29, 1.82) is 0 Å². The van der Waals surface area contributed by atoms with Gasteiger partial charge in [0.2, 0.25) is 5.91 Å². The van der Waals surface area contributed by atoms with Gasteiger partial charge in [0, 0.05) is 13.1 Å². The lowest BCUT2D eigenvalue weighted by atomic mass is 10.1. The fourth-order valence-electron chi connectivity index (χ4n) is 2.98. The van der Waals surface area contributed by atoms with Crippen molar-refractivity contribution in [2.24, 2.45) is 0 Å². The highest BCUT2D eigenvalue weighted by Gasteiger charge is 2.25. The maximum absolute atomic E-state index is 12.9. The van der Waals surface area contributed by atoms with E-state index in [-0.39, 0.29) is 18.4 Å². The first-order chi connectivity index (χ1) is 13.4. The number of likely N-dealkylation sites (N-methyl/N-ethyl adjacent to an activating group) is 1. The van der Waals surface area contributed by atoms with E-state index in [0.717, 1.165) is 16.7 Å². The third kappa shape index (κ3) is 6.12. The summed E-state index contributed by atoms with van der Waals surface area (Å²) >= 11 is 0. The highest BCUT2D eigenvalue weighted by molar-refractivity contribution is 5.87. The van der Waals surface area contributed by atoms with Crippen LogP contribution in [0.15, 0.2) is 48.5 Å². The van der Waals surface area contributed by atoms with Crippen LogP contribution in [0.2, 0.25) is 0 Å². The summed E-state index contributed by atoms with van der Waals surface area (Å²) in [5.41, 5.74) is 3.18. The second-order valence-corrected chi connectivity index (χ2v) is 6.95. The number of aryl methyl sites for hydroxylation is 2. The highest BCUT2D eigenvalue weighted by Crippen LogP contribution is 2.19. The monoisotopic (exact) mass is 382 g/mol. The molecule has 0 saturated heterocycles. The first-order valence-corrected chi connectivity index (χ1v) is 9.73. The predicted molar refractivity (Wildman–Crippen MR) is 111 cm³/mol. The molecule has 150 valence electrons. The molecule has 5 heteroatoms. The third-order valence-corrected chi connectivity index (χ3v) is 4.70. The van der Waals surface area contributed by atoms with Crippen LogP contribution in [-0.4, -0.2) is 42.5 Å². The van der Waals surface area contributed by atoms with Gasteiger partial charge in [-0.15, -0.1) is 0 Å². The molecule has 2 aromatic rings. The Morgan fingerprint density at radius 2 is 1.82 bits per heavy atom. The minimum Gasteiger partial charge on any atom is -0.483 e.